The van der Waals surface area contributed by atoms with Crippen LogP contribution >= 0.6 is 7.82 Å². The SMILES string of the molecule is CCCCCCCCCCCCCCCCC(=O)OC(CO)COP(=O)(O)OCC(CO)OC(C)=O. The minimum atomic E-state index is -4.57. The fourth-order valence-electron chi connectivity index (χ4n) is 3.58. The second kappa shape index (κ2) is 23.1. The lowest BCUT2D eigenvalue weighted by Crippen LogP contribution is -2.28. The first-order valence-electron chi connectivity index (χ1n) is 13.4. The van der Waals surface area contributed by atoms with Crippen LogP contribution in [0.15, 0.2) is 0 Å². The van der Waals surface area contributed by atoms with Gasteiger partial charge < -0.3 is 24.6 Å². The summed E-state index contributed by atoms with van der Waals surface area (Å²) in [5, 5.41) is 18.4. The number of carbonyl (C=O) groups excluding carboxylic acids is 2. The number of phosphoric ester groups is 1. The molecular weight excluding hydrogens is 491 g/mol. The predicted octanol–water partition coefficient (Wildman–Crippen LogP) is 4.82. The van der Waals surface area contributed by atoms with Crippen LogP contribution in [-0.2, 0) is 32.7 Å². The molecular formula is C25H49O10P. The van der Waals surface area contributed by atoms with Crippen LogP contribution in [0.3, 0.4) is 0 Å². The van der Waals surface area contributed by atoms with E-state index in [1.165, 1.54) is 64.2 Å². The van der Waals surface area contributed by atoms with Gasteiger partial charge in [0, 0.05) is 13.3 Å². The van der Waals surface area contributed by atoms with Crippen molar-refractivity contribution in [3.05, 3.63) is 0 Å². The number of hydrogen-bond acceptors (Lipinski definition) is 9. The summed E-state index contributed by atoms with van der Waals surface area (Å²) >= 11 is 0. The van der Waals surface area contributed by atoms with Crippen molar-refractivity contribution in [2.45, 2.75) is 122 Å². The molecule has 0 rings (SSSR count). The molecule has 214 valence electrons. The number of aliphatic hydroxyl groups is 2. The monoisotopic (exact) mass is 540 g/mol. The van der Waals surface area contributed by atoms with Crippen LogP contribution in [0.25, 0.3) is 0 Å². The van der Waals surface area contributed by atoms with Crippen LogP contribution in [0, 0.1) is 0 Å². The van der Waals surface area contributed by atoms with Gasteiger partial charge in [-0.1, -0.05) is 90.4 Å². The van der Waals surface area contributed by atoms with Gasteiger partial charge in [-0.15, -0.1) is 0 Å². The van der Waals surface area contributed by atoms with E-state index in [2.05, 4.69) is 16.2 Å². The smallest absolute Gasteiger partial charge is 0.458 e. The van der Waals surface area contributed by atoms with E-state index in [-0.39, 0.29) is 6.42 Å². The molecule has 3 N–H and O–H groups in total. The molecule has 0 aromatic rings. The average molecular weight is 541 g/mol. The Hall–Kier alpha value is -1.03. The minimum absolute atomic E-state index is 0.197. The first-order valence-corrected chi connectivity index (χ1v) is 14.9. The molecule has 0 saturated carbocycles. The highest BCUT2D eigenvalue weighted by molar-refractivity contribution is 7.47. The summed E-state index contributed by atoms with van der Waals surface area (Å²) in [4.78, 5) is 32.5. The van der Waals surface area contributed by atoms with E-state index < -0.39 is 58.4 Å². The van der Waals surface area contributed by atoms with Crippen LogP contribution in [0.2, 0.25) is 0 Å². The molecule has 3 atom stereocenters. The summed E-state index contributed by atoms with van der Waals surface area (Å²) in [5.41, 5.74) is 0. The van der Waals surface area contributed by atoms with E-state index in [1.807, 2.05) is 0 Å². The van der Waals surface area contributed by atoms with E-state index in [4.69, 9.17) is 14.4 Å². The Morgan fingerprint density at radius 2 is 1.08 bits per heavy atom. The van der Waals surface area contributed by atoms with Crippen molar-refractivity contribution in [2.75, 3.05) is 26.4 Å². The highest BCUT2D eigenvalue weighted by Gasteiger charge is 2.27. The van der Waals surface area contributed by atoms with Crippen molar-refractivity contribution in [1.29, 1.82) is 0 Å². The summed E-state index contributed by atoms with van der Waals surface area (Å²) in [7, 11) is -4.57. The van der Waals surface area contributed by atoms with Crippen LogP contribution in [0.4, 0.5) is 0 Å². The third-order valence-electron chi connectivity index (χ3n) is 5.62. The lowest BCUT2D eigenvalue weighted by Gasteiger charge is -2.20. The molecule has 0 heterocycles. The van der Waals surface area contributed by atoms with Crippen molar-refractivity contribution in [3.63, 3.8) is 0 Å². The lowest BCUT2D eigenvalue weighted by molar-refractivity contribution is -0.153. The van der Waals surface area contributed by atoms with Crippen LogP contribution in [0.1, 0.15) is 110 Å². The number of phosphoric acid groups is 1. The fraction of sp³-hybridized carbons (Fsp3) is 0.920. The summed E-state index contributed by atoms with van der Waals surface area (Å²) in [6.45, 7) is 1.06. The van der Waals surface area contributed by atoms with E-state index in [9.17, 15) is 24.2 Å². The third-order valence-corrected chi connectivity index (χ3v) is 6.57. The van der Waals surface area contributed by atoms with E-state index in [0.717, 1.165) is 26.2 Å². The zero-order valence-corrected chi connectivity index (χ0v) is 23.1. The van der Waals surface area contributed by atoms with Crippen molar-refractivity contribution < 1.29 is 47.8 Å². The topological polar surface area (TPSA) is 149 Å². The molecule has 3 unspecified atom stereocenters. The number of hydrogen-bond donors (Lipinski definition) is 3. The number of rotatable bonds is 25. The van der Waals surface area contributed by atoms with E-state index in [1.54, 1.807) is 0 Å². The fourth-order valence-corrected chi connectivity index (χ4v) is 4.37. The molecule has 0 aliphatic rings. The first-order chi connectivity index (χ1) is 17.2. The van der Waals surface area contributed by atoms with Gasteiger partial charge in [0.2, 0.25) is 0 Å². The Morgan fingerprint density at radius 3 is 1.47 bits per heavy atom. The Kier molecular flexibility index (Phi) is 22.5. The Labute approximate surface area is 216 Å². The maximum atomic E-state index is 12.0. The van der Waals surface area contributed by atoms with Gasteiger partial charge in [0.05, 0.1) is 26.4 Å². The van der Waals surface area contributed by atoms with Gasteiger partial charge >= 0.3 is 19.8 Å². The summed E-state index contributed by atoms with van der Waals surface area (Å²) in [6.07, 6.45) is 14.9. The standard InChI is InChI=1S/C25H49O10P/c1-3-4-5-6-7-8-9-10-11-12-13-14-15-16-17-25(29)35-24(19-27)21-33-36(30,31)32-20-23(18-26)34-22(2)28/h23-24,26-27H,3-21H2,1-2H3,(H,30,31). The highest BCUT2D eigenvalue weighted by atomic mass is 31.2. The zero-order valence-electron chi connectivity index (χ0n) is 22.2. The molecule has 0 aliphatic carbocycles. The largest absolute Gasteiger partial charge is 0.472 e. The Balaban J connectivity index is 3.83. The molecule has 0 saturated heterocycles. The molecule has 0 bridgehead atoms. The quantitative estimate of drug-likeness (QED) is 0.0836. The first kappa shape index (κ1) is 35.0. The summed E-state index contributed by atoms with van der Waals surface area (Å²) in [6, 6.07) is 0. The predicted molar refractivity (Wildman–Crippen MR) is 136 cm³/mol. The molecule has 0 spiro atoms. The third kappa shape index (κ3) is 22.2. The maximum Gasteiger partial charge on any atom is 0.472 e. The second-order valence-electron chi connectivity index (χ2n) is 9.11. The van der Waals surface area contributed by atoms with Crippen molar-refractivity contribution in [2.24, 2.45) is 0 Å². The lowest BCUT2D eigenvalue weighted by atomic mass is 10.0. The normalized spacial score (nSPS) is 14.7. The summed E-state index contributed by atoms with van der Waals surface area (Å²) < 4.78 is 31.1. The van der Waals surface area contributed by atoms with Crippen LogP contribution in [-0.4, -0.2) is 65.7 Å². The van der Waals surface area contributed by atoms with Gasteiger partial charge in [0.15, 0.2) is 0 Å². The number of aliphatic hydroxyl groups excluding tert-OH is 2. The van der Waals surface area contributed by atoms with Crippen molar-refractivity contribution >= 4 is 19.8 Å². The number of ether oxygens (including phenoxy) is 2. The summed E-state index contributed by atoms with van der Waals surface area (Å²) in [5.74, 6) is -1.20. The molecule has 11 heteroatoms. The molecule has 0 aromatic heterocycles. The molecule has 0 aliphatic heterocycles. The van der Waals surface area contributed by atoms with Crippen LogP contribution < -0.4 is 0 Å². The molecule has 36 heavy (non-hydrogen) atoms. The molecule has 0 amide bonds. The average Bonchev–Trinajstić information content (AvgIpc) is 2.84. The molecule has 0 aromatic carbocycles. The van der Waals surface area contributed by atoms with Crippen molar-refractivity contribution in [1.82, 2.24) is 0 Å². The van der Waals surface area contributed by atoms with Gasteiger partial charge in [-0.05, 0) is 6.42 Å². The van der Waals surface area contributed by atoms with Gasteiger partial charge in [-0.2, -0.15) is 0 Å². The molecule has 0 radical (unpaired) electrons. The van der Waals surface area contributed by atoms with Crippen LogP contribution in [0.5, 0.6) is 0 Å². The second-order valence-corrected chi connectivity index (χ2v) is 10.6. The van der Waals surface area contributed by atoms with Gasteiger partial charge in [0.25, 0.3) is 0 Å². The maximum absolute atomic E-state index is 12.0. The van der Waals surface area contributed by atoms with Crippen molar-refractivity contribution in [3.8, 4) is 0 Å². The zero-order chi connectivity index (χ0) is 27.1. The highest BCUT2D eigenvalue weighted by Crippen LogP contribution is 2.43. The molecule has 0 fully saturated rings. The van der Waals surface area contributed by atoms with E-state index >= 15 is 0 Å². The van der Waals surface area contributed by atoms with Gasteiger partial charge in [-0.25, -0.2) is 4.57 Å². The number of unbranched alkanes of at least 4 members (excludes halogenated alkanes) is 13. The van der Waals surface area contributed by atoms with E-state index in [0.29, 0.717) is 6.42 Å². The van der Waals surface area contributed by atoms with Gasteiger partial charge in [0.1, 0.15) is 12.2 Å². The Morgan fingerprint density at radius 1 is 0.694 bits per heavy atom. The number of carbonyl (C=O) groups is 2. The molecule has 10 nitrogen and oxygen atoms in total. The van der Waals surface area contributed by atoms with Gasteiger partial charge in [-0.3, -0.25) is 18.6 Å². The minimum Gasteiger partial charge on any atom is -0.458 e. The number of esters is 2. The Bertz CT molecular complexity index is 601.